The summed E-state index contributed by atoms with van der Waals surface area (Å²) >= 11 is 5.31. The molecule has 1 N–H and O–H groups in total. The number of anilines is 1. The number of halogens is 1. The number of benzene rings is 1. The summed E-state index contributed by atoms with van der Waals surface area (Å²) in [7, 11) is 2.09. The van der Waals surface area contributed by atoms with Gasteiger partial charge >= 0.3 is 0 Å². The second kappa shape index (κ2) is 7.76. The largest absolute Gasteiger partial charge is 0.368 e. The van der Waals surface area contributed by atoms with E-state index in [0.29, 0.717) is 0 Å². The summed E-state index contributed by atoms with van der Waals surface area (Å²) in [5, 5.41) is 5.51. The van der Waals surface area contributed by atoms with E-state index in [1.54, 1.807) is 11.3 Å². The molecule has 0 aliphatic rings. The lowest BCUT2D eigenvalue weighted by Crippen LogP contribution is -2.18. The molecule has 2 rings (SSSR count). The number of rotatable bonds is 7. The predicted octanol–water partition coefficient (Wildman–Crippen LogP) is 4.04. The molecule has 3 nitrogen and oxygen atoms in total. The molecule has 108 valence electrons. The van der Waals surface area contributed by atoms with Gasteiger partial charge in [-0.15, -0.1) is 11.3 Å². The van der Waals surface area contributed by atoms with Crippen molar-refractivity contribution in [3.63, 3.8) is 0 Å². The molecule has 0 saturated heterocycles. The lowest BCUT2D eigenvalue weighted by molar-refractivity contribution is 0.675. The normalized spacial score (nSPS) is 10.8. The fourth-order valence-corrected chi connectivity index (χ4v) is 3.30. The number of thiazole rings is 1. The molecule has 0 bridgehead atoms. The van der Waals surface area contributed by atoms with Crippen molar-refractivity contribution in [1.82, 2.24) is 10.3 Å². The molecule has 20 heavy (non-hydrogen) atoms. The van der Waals surface area contributed by atoms with E-state index in [1.807, 2.05) is 5.51 Å². The molecule has 1 aromatic carbocycles. The van der Waals surface area contributed by atoms with E-state index in [-0.39, 0.29) is 0 Å². The van der Waals surface area contributed by atoms with Gasteiger partial charge in [0.25, 0.3) is 0 Å². The Kier molecular flexibility index (Phi) is 6.01. The van der Waals surface area contributed by atoms with Gasteiger partial charge in [0.1, 0.15) is 0 Å². The standard InChI is InChI=1S/C15H20BrN3S/c1-3-6-17-8-12-4-5-15(14(16)7-12)19(2)9-13-10-20-11-18-13/h4-5,7,10-11,17H,3,6,8-9H2,1-2H3. The van der Waals surface area contributed by atoms with Crippen molar-refractivity contribution < 1.29 is 0 Å². The summed E-state index contributed by atoms with van der Waals surface area (Å²) in [6.07, 6.45) is 1.16. The van der Waals surface area contributed by atoms with Crippen LogP contribution in [0.4, 0.5) is 5.69 Å². The molecule has 5 heteroatoms. The van der Waals surface area contributed by atoms with Gasteiger partial charge in [0.05, 0.1) is 23.4 Å². The van der Waals surface area contributed by atoms with Crippen LogP contribution in [0.15, 0.2) is 33.6 Å². The highest BCUT2D eigenvalue weighted by Gasteiger charge is 2.08. The SMILES string of the molecule is CCCNCc1ccc(N(C)Cc2cscn2)c(Br)c1. The summed E-state index contributed by atoms with van der Waals surface area (Å²) in [6, 6.07) is 6.54. The van der Waals surface area contributed by atoms with Crippen molar-refractivity contribution in [2.24, 2.45) is 0 Å². The lowest BCUT2D eigenvalue weighted by Gasteiger charge is -2.20. The van der Waals surface area contributed by atoms with Gasteiger partial charge in [-0.05, 0) is 46.6 Å². The second-order valence-electron chi connectivity index (χ2n) is 4.80. The second-order valence-corrected chi connectivity index (χ2v) is 6.37. The van der Waals surface area contributed by atoms with E-state index in [9.17, 15) is 0 Å². The molecule has 0 unspecified atom stereocenters. The molecule has 0 saturated carbocycles. The Morgan fingerprint density at radius 2 is 2.25 bits per heavy atom. The number of hydrogen-bond acceptors (Lipinski definition) is 4. The summed E-state index contributed by atoms with van der Waals surface area (Å²) in [5.74, 6) is 0. The number of nitrogens with zero attached hydrogens (tertiary/aromatic N) is 2. The first-order valence-corrected chi connectivity index (χ1v) is 8.51. The number of hydrogen-bond donors (Lipinski definition) is 1. The molecule has 2 aromatic rings. The third kappa shape index (κ3) is 4.30. The van der Waals surface area contributed by atoms with Crippen molar-refractivity contribution in [3.8, 4) is 0 Å². The Morgan fingerprint density at radius 1 is 1.40 bits per heavy atom. The van der Waals surface area contributed by atoms with Crippen molar-refractivity contribution in [3.05, 3.63) is 44.8 Å². The molecule has 0 fully saturated rings. The van der Waals surface area contributed by atoms with Gasteiger partial charge in [0, 0.05) is 23.4 Å². The smallest absolute Gasteiger partial charge is 0.0795 e. The van der Waals surface area contributed by atoms with Crippen molar-refractivity contribution in [2.45, 2.75) is 26.4 Å². The molecule has 0 amide bonds. The van der Waals surface area contributed by atoms with Crippen LogP contribution < -0.4 is 10.2 Å². The highest BCUT2D eigenvalue weighted by atomic mass is 79.9. The maximum absolute atomic E-state index is 4.33. The fraction of sp³-hybridized carbons (Fsp3) is 0.400. The van der Waals surface area contributed by atoms with Crippen LogP contribution in [0.1, 0.15) is 24.6 Å². The minimum atomic E-state index is 0.829. The summed E-state index contributed by atoms with van der Waals surface area (Å²) in [6.45, 7) is 4.99. The van der Waals surface area contributed by atoms with E-state index in [0.717, 1.165) is 36.2 Å². The molecular weight excluding hydrogens is 334 g/mol. The Morgan fingerprint density at radius 3 is 2.90 bits per heavy atom. The monoisotopic (exact) mass is 353 g/mol. The first kappa shape index (κ1) is 15.5. The van der Waals surface area contributed by atoms with Gasteiger partial charge in [-0.1, -0.05) is 13.0 Å². The molecule has 0 radical (unpaired) electrons. The Bertz CT molecular complexity index is 528. The van der Waals surface area contributed by atoms with Crippen LogP contribution in [0.25, 0.3) is 0 Å². The van der Waals surface area contributed by atoms with E-state index >= 15 is 0 Å². The first-order valence-electron chi connectivity index (χ1n) is 6.78. The zero-order valence-corrected chi connectivity index (χ0v) is 14.3. The van der Waals surface area contributed by atoms with Crippen LogP contribution >= 0.6 is 27.3 Å². The number of nitrogens with one attached hydrogen (secondary N) is 1. The van der Waals surface area contributed by atoms with Crippen molar-refractivity contribution in [2.75, 3.05) is 18.5 Å². The molecule has 1 heterocycles. The average molecular weight is 354 g/mol. The van der Waals surface area contributed by atoms with Crippen LogP contribution in [0.3, 0.4) is 0 Å². The summed E-state index contributed by atoms with van der Waals surface area (Å²) < 4.78 is 1.13. The minimum Gasteiger partial charge on any atom is -0.368 e. The van der Waals surface area contributed by atoms with Crippen LogP contribution in [0.2, 0.25) is 0 Å². The van der Waals surface area contributed by atoms with E-state index in [2.05, 4.69) is 68.7 Å². The quantitative estimate of drug-likeness (QED) is 0.761. The molecule has 0 atom stereocenters. The first-order chi connectivity index (χ1) is 9.70. The zero-order valence-electron chi connectivity index (χ0n) is 11.9. The van der Waals surface area contributed by atoms with Crippen molar-refractivity contribution >= 4 is 33.0 Å². The fourth-order valence-electron chi connectivity index (χ4n) is 2.02. The van der Waals surface area contributed by atoms with E-state index in [1.165, 1.54) is 11.3 Å². The van der Waals surface area contributed by atoms with Gasteiger partial charge in [-0.25, -0.2) is 4.98 Å². The Labute approximate surface area is 133 Å². The molecule has 1 aromatic heterocycles. The van der Waals surface area contributed by atoms with Crippen LogP contribution in [0.5, 0.6) is 0 Å². The van der Waals surface area contributed by atoms with Crippen LogP contribution in [-0.2, 0) is 13.1 Å². The van der Waals surface area contributed by atoms with Crippen molar-refractivity contribution in [1.29, 1.82) is 0 Å². The molecule has 0 spiro atoms. The highest BCUT2D eigenvalue weighted by molar-refractivity contribution is 9.10. The highest BCUT2D eigenvalue weighted by Crippen LogP contribution is 2.27. The Balaban J connectivity index is 2.01. The summed E-state index contributed by atoms with van der Waals surface area (Å²) in [5.41, 5.74) is 5.48. The van der Waals surface area contributed by atoms with Gasteiger partial charge in [0.2, 0.25) is 0 Å². The zero-order chi connectivity index (χ0) is 14.4. The summed E-state index contributed by atoms with van der Waals surface area (Å²) in [4.78, 5) is 6.54. The molecular formula is C15H20BrN3S. The van der Waals surface area contributed by atoms with Gasteiger partial charge in [-0.3, -0.25) is 0 Å². The topological polar surface area (TPSA) is 28.2 Å². The van der Waals surface area contributed by atoms with Gasteiger partial charge < -0.3 is 10.2 Å². The van der Waals surface area contributed by atoms with Gasteiger partial charge in [0.15, 0.2) is 0 Å². The van der Waals surface area contributed by atoms with E-state index < -0.39 is 0 Å². The molecule has 0 aliphatic carbocycles. The third-order valence-electron chi connectivity index (χ3n) is 3.06. The Hall–Kier alpha value is -0.910. The minimum absolute atomic E-state index is 0.829. The maximum atomic E-state index is 4.33. The third-order valence-corrected chi connectivity index (χ3v) is 4.33. The lowest BCUT2D eigenvalue weighted by atomic mass is 10.2. The molecule has 0 aliphatic heterocycles. The average Bonchev–Trinajstić information content (AvgIpc) is 2.92. The van der Waals surface area contributed by atoms with Crippen LogP contribution in [-0.4, -0.2) is 18.6 Å². The van der Waals surface area contributed by atoms with Gasteiger partial charge in [-0.2, -0.15) is 0 Å². The van der Waals surface area contributed by atoms with Crippen LogP contribution in [0, 0.1) is 0 Å². The van der Waals surface area contributed by atoms with E-state index in [4.69, 9.17) is 0 Å². The predicted molar refractivity (Wildman–Crippen MR) is 90.4 cm³/mol. The number of aromatic nitrogens is 1. The maximum Gasteiger partial charge on any atom is 0.0795 e.